The Hall–Kier alpha value is -2.63. The van der Waals surface area contributed by atoms with Crippen LogP contribution in [0, 0.1) is 0 Å². The Morgan fingerprint density at radius 1 is 0.309 bits per heavy atom. The van der Waals surface area contributed by atoms with E-state index >= 15 is 0 Å². The summed E-state index contributed by atoms with van der Waals surface area (Å²) in [5, 5.41) is 0. The molecule has 0 bridgehead atoms. The molecule has 1 atom stereocenters. The van der Waals surface area contributed by atoms with Gasteiger partial charge in [0.1, 0.15) is 13.2 Å². The van der Waals surface area contributed by atoms with Crippen LogP contribution in [0.2, 0.25) is 0 Å². The third-order valence-electron chi connectivity index (χ3n) is 13.1. The van der Waals surface area contributed by atoms with E-state index in [2.05, 4.69) is 69.4 Å². The maximum absolute atomic E-state index is 12.8. The van der Waals surface area contributed by atoms with Gasteiger partial charge >= 0.3 is 17.9 Å². The van der Waals surface area contributed by atoms with Crippen molar-refractivity contribution in [2.45, 2.75) is 316 Å². The zero-order valence-electron chi connectivity index (χ0n) is 45.4. The van der Waals surface area contributed by atoms with E-state index in [4.69, 9.17) is 14.2 Å². The number of allylic oxidation sites excluding steroid dienone is 8. The first kappa shape index (κ1) is 65.4. The summed E-state index contributed by atoms with van der Waals surface area (Å²) in [5.74, 6) is -0.894. The van der Waals surface area contributed by atoms with Gasteiger partial charge in [0.15, 0.2) is 6.10 Å². The maximum atomic E-state index is 12.8. The lowest BCUT2D eigenvalue weighted by molar-refractivity contribution is -0.167. The maximum Gasteiger partial charge on any atom is 0.306 e. The third-order valence-corrected chi connectivity index (χ3v) is 13.1. The number of unbranched alkanes of at least 4 members (excludes halogenated alkanes) is 35. The summed E-state index contributed by atoms with van der Waals surface area (Å²) in [6, 6.07) is 0. The first-order chi connectivity index (χ1) is 33.5. The van der Waals surface area contributed by atoms with Crippen LogP contribution in [-0.4, -0.2) is 37.2 Å². The molecular weight excluding hydrogens is 841 g/mol. The molecule has 6 heteroatoms. The van der Waals surface area contributed by atoms with Crippen molar-refractivity contribution in [3.63, 3.8) is 0 Å². The Kier molecular flexibility index (Phi) is 54.8. The average molecular weight is 954 g/mol. The molecule has 68 heavy (non-hydrogen) atoms. The number of rotatable bonds is 54. The van der Waals surface area contributed by atoms with Gasteiger partial charge in [-0.1, -0.05) is 268 Å². The molecule has 0 saturated heterocycles. The zero-order chi connectivity index (χ0) is 49.3. The van der Waals surface area contributed by atoms with Gasteiger partial charge in [-0.15, -0.1) is 0 Å². The van der Waals surface area contributed by atoms with Gasteiger partial charge in [0.05, 0.1) is 0 Å². The van der Waals surface area contributed by atoms with Crippen LogP contribution in [0.15, 0.2) is 48.6 Å². The highest BCUT2D eigenvalue weighted by Crippen LogP contribution is 2.17. The van der Waals surface area contributed by atoms with Crippen LogP contribution >= 0.6 is 0 Å². The fourth-order valence-corrected chi connectivity index (χ4v) is 8.62. The topological polar surface area (TPSA) is 78.9 Å². The SMILES string of the molecule is CC/C=C\C/C=C\C/C=C\CCCCCCCC(=O)OC(COC(=O)CCCCCCC/C=C\CCCC)COC(=O)CCCCCCCCCCCCCCCCCCCCCCCCCC. The first-order valence-corrected chi connectivity index (χ1v) is 29.6. The number of esters is 3. The Labute approximate surface area is 422 Å². The minimum atomic E-state index is -0.783. The molecule has 0 amide bonds. The second kappa shape index (κ2) is 57.0. The predicted molar refractivity (Wildman–Crippen MR) is 293 cm³/mol. The van der Waals surface area contributed by atoms with Crippen molar-refractivity contribution >= 4 is 17.9 Å². The van der Waals surface area contributed by atoms with E-state index in [-0.39, 0.29) is 31.1 Å². The molecule has 0 radical (unpaired) electrons. The van der Waals surface area contributed by atoms with Gasteiger partial charge < -0.3 is 14.2 Å². The Balaban J connectivity index is 4.22. The highest BCUT2D eigenvalue weighted by Gasteiger charge is 2.19. The molecule has 0 aliphatic heterocycles. The lowest BCUT2D eigenvalue weighted by atomic mass is 10.0. The number of ether oxygens (including phenoxy) is 3. The van der Waals surface area contributed by atoms with Gasteiger partial charge in [0.2, 0.25) is 0 Å². The fraction of sp³-hybridized carbons (Fsp3) is 0.823. The molecule has 0 spiro atoms. The van der Waals surface area contributed by atoms with Gasteiger partial charge in [-0.05, 0) is 70.6 Å². The van der Waals surface area contributed by atoms with E-state index in [9.17, 15) is 14.4 Å². The first-order valence-electron chi connectivity index (χ1n) is 29.6. The summed E-state index contributed by atoms with van der Waals surface area (Å²) in [4.78, 5) is 38.1. The second-order valence-electron chi connectivity index (χ2n) is 19.9. The summed E-state index contributed by atoms with van der Waals surface area (Å²) in [6.07, 6.45) is 69.8. The molecule has 396 valence electrons. The monoisotopic (exact) mass is 953 g/mol. The molecule has 6 nitrogen and oxygen atoms in total. The van der Waals surface area contributed by atoms with Gasteiger partial charge in [-0.2, -0.15) is 0 Å². The summed E-state index contributed by atoms with van der Waals surface area (Å²) in [7, 11) is 0. The van der Waals surface area contributed by atoms with E-state index in [1.807, 2.05) is 0 Å². The van der Waals surface area contributed by atoms with Crippen molar-refractivity contribution in [2.75, 3.05) is 13.2 Å². The van der Waals surface area contributed by atoms with Crippen molar-refractivity contribution < 1.29 is 28.6 Å². The van der Waals surface area contributed by atoms with Crippen LogP contribution in [0.3, 0.4) is 0 Å². The van der Waals surface area contributed by atoms with Crippen LogP contribution in [0.4, 0.5) is 0 Å². The van der Waals surface area contributed by atoms with Crippen molar-refractivity contribution in [3.05, 3.63) is 48.6 Å². The molecule has 0 fully saturated rings. The zero-order valence-corrected chi connectivity index (χ0v) is 45.4. The molecule has 0 aromatic carbocycles. The van der Waals surface area contributed by atoms with Crippen molar-refractivity contribution in [1.29, 1.82) is 0 Å². The lowest BCUT2D eigenvalue weighted by Crippen LogP contribution is -2.30. The van der Waals surface area contributed by atoms with E-state index in [1.54, 1.807) is 0 Å². The van der Waals surface area contributed by atoms with Gasteiger partial charge in [0, 0.05) is 19.3 Å². The molecule has 0 heterocycles. The lowest BCUT2D eigenvalue weighted by Gasteiger charge is -2.18. The number of carbonyl (C=O) groups is 3. The second-order valence-corrected chi connectivity index (χ2v) is 19.9. The Morgan fingerprint density at radius 2 is 0.588 bits per heavy atom. The quantitative estimate of drug-likeness (QED) is 0.0262. The molecule has 0 aromatic rings. The molecule has 1 unspecified atom stereocenters. The van der Waals surface area contributed by atoms with Crippen LogP contribution in [0.1, 0.15) is 310 Å². The van der Waals surface area contributed by atoms with Crippen LogP contribution in [0.5, 0.6) is 0 Å². The Bertz CT molecular complexity index is 1190. The third kappa shape index (κ3) is 54.3. The van der Waals surface area contributed by atoms with Crippen LogP contribution in [0.25, 0.3) is 0 Å². The average Bonchev–Trinajstić information content (AvgIpc) is 3.34. The predicted octanol–water partition coefficient (Wildman–Crippen LogP) is 19.8. The number of hydrogen-bond donors (Lipinski definition) is 0. The standard InChI is InChI=1S/C62H112O6/c1-4-7-10-13-16-19-22-24-26-27-28-29-30-31-32-33-34-36-37-40-43-46-49-52-55-61(64)67-58-59(57-66-60(63)54-51-48-45-42-39-21-18-15-12-9-6-3)68-62(65)56-53-50-47-44-41-38-35-25-23-20-17-14-11-8-5-2/h8,11,15,17-18,20,25,35,59H,4-7,9-10,12-14,16,19,21-24,26-34,36-58H2,1-3H3/b11-8-,18-15-,20-17-,35-25-. The fourth-order valence-electron chi connectivity index (χ4n) is 8.62. The summed E-state index contributed by atoms with van der Waals surface area (Å²) < 4.78 is 16.8. The number of carbonyl (C=O) groups excluding carboxylic acids is 3. The largest absolute Gasteiger partial charge is 0.462 e. The van der Waals surface area contributed by atoms with E-state index in [0.29, 0.717) is 19.3 Å². The summed E-state index contributed by atoms with van der Waals surface area (Å²) in [5.41, 5.74) is 0. The van der Waals surface area contributed by atoms with Gasteiger partial charge in [-0.3, -0.25) is 14.4 Å². The highest BCUT2D eigenvalue weighted by molar-refractivity contribution is 5.71. The van der Waals surface area contributed by atoms with Crippen LogP contribution < -0.4 is 0 Å². The highest BCUT2D eigenvalue weighted by atomic mass is 16.6. The van der Waals surface area contributed by atoms with Crippen LogP contribution in [-0.2, 0) is 28.6 Å². The smallest absolute Gasteiger partial charge is 0.306 e. The normalized spacial score (nSPS) is 12.3. The minimum absolute atomic E-state index is 0.0800. The summed E-state index contributed by atoms with van der Waals surface area (Å²) >= 11 is 0. The van der Waals surface area contributed by atoms with Crippen molar-refractivity contribution in [3.8, 4) is 0 Å². The molecule has 0 aliphatic carbocycles. The van der Waals surface area contributed by atoms with E-state index in [1.165, 1.54) is 167 Å². The molecule has 0 rings (SSSR count). The molecular formula is C62H112O6. The Morgan fingerprint density at radius 3 is 0.956 bits per heavy atom. The molecule has 0 aliphatic rings. The van der Waals surface area contributed by atoms with E-state index < -0.39 is 6.10 Å². The number of hydrogen-bond acceptors (Lipinski definition) is 6. The summed E-state index contributed by atoms with van der Waals surface area (Å²) in [6.45, 7) is 6.51. The van der Waals surface area contributed by atoms with Crippen molar-refractivity contribution in [2.24, 2.45) is 0 Å². The van der Waals surface area contributed by atoms with Gasteiger partial charge in [-0.25, -0.2) is 0 Å². The minimum Gasteiger partial charge on any atom is -0.462 e. The van der Waals surface area contributed by atoms with E-state index in [0.717, 1.165) is 103 Å². The van der Waals surface area contributed by atoms with Gasteiger partial charge in [0.25, 0.3) is 0 Å². The molecule has 0 aromatic heterocycles. The molecule has 0 N–H and O–H groups in total. The van der Waals surface area contributed by atoms with Crippen molar-refractivity contribution in [1.82, 2.24) is 0 Å². The molecule has 0 saturated carbocycles.